The van der Waals surface area contributed by atoms with Gasteiger partial charge in [-0.05, 0) is 61.1 Å². The summed E-state index contributed by atoms with van der Waals surface area (Å²) < 4.78 is 46.4. The number of carbonyl (C=O) groups is 1. The van der Waals surface area contributed by atoms with E-state index in [4.69, 9.17) is 4.74 Å². The normalized spacial score (nSPS) is 14.9. The third-order valence-corrected chi connectivity index (χ3v) is 5.31. The van der Waals surface area contributed by atoms with Crippen molar-refractivity contribution in [2.75, 3.05) is 19.8 Å². The molecule has 5 nitrogen and oxygen atoms in total. The van der Waals surface area contributed by atoms with Gasteiger partial charge in [0.15, 0.2) is 0 Å². The average molecular weight is 436 g/mol. The van der Waals surface area contributed by atoms with Crippen molar-refractivity contribution in [3.63, 3.8) is 0 Å². The number of alkyl halides is 3. The lowest BCUT2D eigenvalue weighted by atomic mass is 9.89. The van der Waals surface area contributed by atoms with E-state index in [0.29, 0.717) is 36.7 Å². The van der Waals surface area contributed by atoms with E-state index in [1.807, 2.05) is 6.07 Å². The molecule has 1 N–H and O–H groups in total. The Balaban J connectivity index is 1.46. The standard InChI is InChI=1S/C23H27F3N2O3/c24-23(25,26)31-20-10-8-19(9-11-20)22-18(7-4-13-27-22)12-14-30-16-21(29)28-15-17-5-2-1-3-6-17/h4,7-11,13,17H,1-3,5-6,12,14-16H2,(H,28,29). The van der Waals surface area contributed by atoms with Crippen LogP contribution in [0.5, 0.6) is 5.75 Å². The van der Waals surface area contributed by atoms with Crippen molar-refractivity contribution in [2.24, 2.45) is 5.92 Å². The Bertz CT molecular complexity index is 835. The Morgan fingerprint density at radius 3 is 2.55 bits per heavy atom. The van der Waals surface area contributed by atoms with Crippen molar-refractivity contribution in [1.29, 1.82) is 0 Å². The van der Waals surface area contributed by atoms with Crippen LogP contribution in [-0.2, 0) is 16.0 Å². The van der Waals surface area contributed by atoms with Crippen LogP contribution in [0.4, 0.5) is 13.2 Å². The average Bonchev–Trinajstić information content (AvgIpc) is 2.76. The first-order valence-corrected chi connectivity index (χ1v) is 10.6. The molecule has 1 aromatic heterocycles. The summed E-state index contributed by atoms with van der Waals surface area (Å²) in [5.41, 5.74) is 2.22. The van der Waals surface area contributed by atoms with Gasteiger partial charge in [0.2, 0.25) is 5.91 Å². The summed E-state index contributed by atoms with van der Waals surface area (Å²) in [7, 11) is 0. The molecule has 2 aromatic rings. The van der Waals surface area contributed by atoms with Gasteiger partial charge in [-0.1, -0.05) is 25.3 Å². The molecule has 1 aliphatic carbocycles. The van der Waals surface area contributed by atoms with Crippen LogP contribution >= 0.6 is 0 Å². The summed E-state index contributed by atoms with van der Waals surface area (Å²) in [6.07, 6.45) is 3.54. The summed E-state index contributed by atoms with van der Waals surface area (Å²) in [5.74, 6) is 0.178. The number of halogens is 3. The second-order valence-electron chi connectivity index (χ2n) is 7.69. The number of benzene rings is 1. The van der Waals surface area contributed by atoms with Crippen LogP contribution in [0.25, 0.3) is 11.3 Å². The topological polar surface area (TPSA) is 60.5 Å². The van der Waals surface area contributed by atoms with Crippen molar-refractivity contribution in [3.05, 3.63) is 48.2 Å². The molecule has 0 spiro atoms. The van der Waals surface area contributed by atoms with Gasteiger partial charge in [-0.15, -0.1) is 13.2 Å². The smallest absolute Gasteiger partial charge is 0.406 e. The van der Waals surface area contributed by atoms with E-state index in [1.54, 1.807) is 12.3 Å². The predicted octanol–water partition coefficient (Wildman–Crippen LogP) is 4.90. The summed E-state index contributed by atoms with van der Waals surface area (Å²) in [5, 5.41) is 2.94. The third-order valence-electron chi connectivity index (χ3n) is 5.31. The zero-order valence-corrected chi connectivity index (χ0v) is 17.3. The monoisotopic (exact) mass is 436 g/mol. The highest BCUT2D eigenvalue weighted by Gasteiger charge is 2.31. The van der Waals surface area contributed by atoms with E-state index in [0.717, 1.165) is 5.56 Å². The van der Waals surface area contributed by atoms with Crippen LogP contribution < -0.4 is 10.1 Å². The van der Waals surface area contributed by atoms with Gasteiger partial charge in [-0.25, -0.2) is 0 Å². The van der Waals surface area contributed by atoms with Crippen LogP contribution in [0.2, 0.25) is 0 Å². The van der Waals surface area contributed by atoms with Crippen LogP contribution in [0.1, 0.15) is 37.7 Å². The van der Waals surface area contributed by atoms with Crippen molar-refractivity contribution >= 4 is 5.91 Å². The van der Waals surface area contributed by atoms with Gasteiger partial charge in [0, 0.05) is 18.3 Å². The molecule has 1 heterocycles. The minimum Gasteiger partial charge on any atom is -0.406 e. The van der Waals surface area contributed by atoms with Crippen molar-refractivity contribution in [2.45, 2.75) is 44.9 Å². The van der Waals surface area contributed by atoms with E-state index in [1.165, 1.54) is 56.4 Å². The molecule has 0 unspecified atom stereocenters. The second kappa shape index (κ2) is 11.1. The molecule has 1 saturated carbocycles. The Morgan fingerprint density at radius 1 is 1.10 bits per heavy atom. The largest absolute Gasteiger partial charge is 0.573 e. The molecule has 0 aliphatic heterocycles. The van der Waals surface area contributed by atoms with Gasteiger partial charge in [-0.2, -0.15) is 0 Å². The first-order chi connectivity index (χ1) is 14.9. The number of carbonyl (C=O) groups excluding carboxylic acids is 1. The number of pyridine rings is 1. The molecule has 0 saturated heterocycles. The lowest BCUT2D eigenvalue weighted by molar-refractivity contribution is -0.274. The molecule has 1 fully saturated rings. The highest BCUT2D eigenvalue weighted by atomic mass is 19.4. The van der Waals surface area contributed by atoms with Gasteiger partial charge in [0.25, 0.3) is 0 Å². The summed E-state index contributed by atoms with van der Waals surface area (Å²) in [4.78, 5) is 16.3. The van der Waals surface area contributed by atoms with Gasteiger partial charge in [0.05, 0.1) is 12.3 Å². The maximum atomic E-state index is 12.3. The number of hydrogen-bond acceptors (Lipinski definition) is 4. The molecule has 1 aliphatic rings. The quantitative estimate of drug-likeness (QED) is 0.568. The Morgan fingerprint density at radius 2 is 1.84 bits per heavy atom. The molecule has 8 heteroatoms. The second-order valence-corrected chi connectivity index (χ2v) is 7.69. The molecule has 1 amide bonds. The van der Waals surface area contributed by atoms with Gasteiger partial charge in [0.1, 0.15) is 12.4 Å². The Kier molecular flexibility index (Phi) is 8.28. The first-order valence-electron chi connectivity index (χ1n) is 10.6. The van der Waals surface area contributed by atoms with Gasteiger partial charge >= 0.3 is 6.36 Å². The Labute approximate surface area is 180 Å². The van der Waals surface area contributed by atoms with Crippen LogP contribution in [-0.4, -0.2) is 37.0 Å². The fourth-order valence-electron chi connectivity index (χ4n) is 3.76. The molecular formula is C23H27F3N2O3. The Hall–Kier alpha value is -2.61. The van der Waals surface area contributed by atoms with E-state index in [-0.39, 0.29) is 18.3 Å². The maximum Gasteiger partial charge on any atom is 0.573 e. The van der Waals surface area contributed by atoms with Crippen molar-refractivity contribution in [1.82, 2.24) is 10.3 Å². The molecule has 0 bridgehead atoms. The molecule has 0 radical (unpaired) electrons. The summed E-state index contributed by atoms with van der Waals surface area (Å²) >= 11 is 0. The lowest BCUT2D eigenvalue weighted by Crippen LogP contribution is -2.33. The van der Waals surface area contributed by atoms with Crippen LogP contribution in [0.15, 0.2) is 42.6 Å². The highest BCUT2D eigenvalue weighted by Crippen LogP contribution is 2.27. The number of nitrogens with zero attached hydrogens (tertiary/aromatic N) is 1. The number of nitrogens with one attached hydrogen (secondary N) is 1. The molecule has 0 atom stereocenters. The molecule has 3 rings (SSSR count). The predicted molar refractivity (Wildman–Crippen MR) is 110 cm³/mol. The van der Waals surface area contributed by atoms with Crippen molar-refractivity contribution < 1.29 is 27.4 Å². The van der Waals surface area contributed by atoms with E-state index in [9.17, 15) is 18.0 Å². The molecule has 168 valence electrons. The minimum absolute atomic E-state index is 0.00575. The van der Waals surface area contributed by atoms with Gasteiger partial charge < -0.3 is 14.8 Å². The number of hydrogen-bond donors (Lipinski definition) is 1. The number of aromatic nitrogens is 1. The van der Waals surface area contributed by atoms with Gasteiger partial charge in [-0.3, -0.25) is 9.78 Å². The fourth-order valence-corrected chi connectivity index (χ4v) is 3.76. The van der Waals surface area contributed by atoms with E-state index >= 15 is 0 Å². The number of amides is 1. The molecule has 31 heavy (non-hydrogen) atoms. The minimum atomic E-state index is -4.72. The number of rotatable bonds is 9. The lowest BCUT2D eigenvalue weighted by Gasteiger charge is -2.21. The number of ether oxygens (including phenoxy) is 2. The fraction of sp³-hybridized carbons (Fsp3) is 0.478. The zero-order chi connectivity index (χ0) is 22.1. The SMILES string of the molecule is O=C(COCCc1cccnc1-c1ccc(OC(F)(F)F)cc1)NCC1CCCCC1. The third kappa shape index (κ3) is 7.86. The first kappa shape index (κ1) is 23.1. The summed E-state index contributed by atoms with van der Waals surface area (Å²) in [6, 6.07) is 9.26. The molecular weight excluding hydrogens is 409 g/mol. The van der Waals surface area contributed by atoms with E-state index in [2.05, 4.69) is 15.0 Å². The van der Waals surface area contributed by atoms with E-state index < -0.39 is 6.36 Å². The van der Waals surface area contributed by atoms with Crippen molar-refractivity contribution in [3.8, 4) is 17.0 Å². The highest BCUT2D eigenvalue weighted by molar-refractivity contribution is 5.77. The molecule has 1 aromatic carbocycles. The summed E-state index contributed by atoms with van der Waals surface area (Å²) in [6.45, 7) is 1.06. The van der Waals surface area contributed by atoms with Crippen LogP contribution in [0, 0.1) is 5.92 Å². The van der Waals surface area contributed by atoms with Crippen LogP contribution in [0.3, 0.4) is 0 Å². The maximum absolute atomic E-state index is 12.3. The zero-order valence-electron chi connectivity index (χ0n) is 17.3.